The summed E-state index contributed by atoms with van der Waals surface area (Å²) in [5, 5.41) is 51.4. The van der Waals surface area contributed by atoms with Crippen LogP contribution in [0.4, 0.5) is 61.3 Å². The van der Waals surface area contributed by atoms with Crippen LogP contribution in [0, 0.1) is 50.8 Å². The summed E-state index contributed by atoms with van der Waals surface area (Å²) in [4.78, 5) is 52.7. The third kappa shape index (κ3) is 42.9. The number of nitrogens with zero attached hydrogens (tertiary/aromatic N) is 1. The molecular weight excluding hydrogens is 1980 g/mol. The van der Waals surface area contributed by atoms with E-state index in [2.05, 4.69) is 106 Å². The second-order valence-corrected chi connectivity index (χ2v) is 36.0. The minimum Gasteiger partial charge on any atom is -0.508 e. The van der Waals surface area contributed by atoms with Gasteiger partial charge in [-0.25, -0.2) is 45.5 Å². The number of aromatic hydroxyl groups is 1. The first-order valence-electron chi connectivity index (χ1n) is 40.6. The SMILES string of the molecule is BrB(Br)Br.C.C.CO.CO.COC(=O)Cl.COC(=O)Oc1cc(N)c(F)cc1C1CCCC1.COC(=O)Oc1cc([N+](=O)[O-])c(F)cc1C1CCCC1.COC(=O)Oc1ccc(F)cc1C1CCCC1.COc1ccc(F)cc1Br.COc1ccc(F)cc1C1=CCCC1.COc1ccc(F)cc1C1=CCCC1.OB(O)C1=CCCC1.Oc1ccc(F)cc1C1CCCC1. The highest BCUT2D eigenvalue weighted by Crippen LogP contribution is 2.45. The highest BCUT2D eigenvalue weighted by Gasteiger charge is 2.30. The first kappa shape index (κ1) is 118. The number of benzene rings is 7. The fourth-order valence-corrected chi connectivity index (χ4v) is 15.0. The van der Waals surface area contributed by atoms with Gasteiger partial charge < -0.3 is 78.5 Å². The van der Waals surface area contributed by atoms with Crippen molar-refractivity contribution in [2.24, 2.45) is 0 Å². The fraction of sp³-hybridized carbons (Fsp3) is 0.435. The van der Waals surface area contributed by atoms with Crippen molar-refractivity contribution in [2.45, 2.75) is 199 Å². The summed E-state index contributed by atoms with van der Waals surface area (Å²) in [6.45, 7) is 0. The highest BCUT2D eigenvalue weighted by molar-refractivity contribution is 9.69. The Morgan fingerprint density at radius 2 is 0.752 bits per heavy atom. The molecule has 0 heterocycles. The normalized spacial score (nSPS) is 14.2. The van der Waals surface area contributed by atoms with Crippen molar-refractivity contribution in [1.29, 1.82) is 0 Å². The Labute approximate surface area is 790 Å². The number of allylic oxidation sites excluding steroid dienone is 6. The number of aliphatic hydroxyl groups is 2. The van der Waals surface area contributed by atoms with E-state index in [0.717, 1.165) is 220 Å². The average Bonchev–Trinajstić information content (AvgIpc) is 1.77. The number of carbonyl (C=O) groups excluding carboxylic acids is 4. The number of nitro benzene ring substituents is 1. The highest BCUT2D eigenvalue weighted by atomic mass is 79.9. The Bertz CT molecular complexity index is 4580. The lowest BCUT2D eigenvalue weighted by Gasteiger charge is -2.15. The van der Waals surface area contributed by atoms with Crippen molar-refractivity contribution in [3.05, 3.63) is 228 Å². The van der Waals surface area contributed by atoms with Crippen LogP contribution in [0.1, 0.15) is 232 Å². The average molecular weight is 2100 g/mol. The lowest BCUT2D eigenvalue weighted by molar-refractivity contribution is -0.387. The van der Waals surface area contributed by atoms with Crippen LogP contribution < -0.4 is 34.2 Å². The predicted molar refractivity (Wildman–Crippen MR) is 505 cm³/mol. The van der Waals surface area contributed by atoms with Gasteiger partial charge in [-0.2, -0.15) is 4.39 Å². The standard InChI is InChI=1S/C13H14FNO5.C13H16FNO3.C13H15FO3.2C12H13FO.C11H13FO.C7H6BrFO.C5H9BO2.C2H3ClO2.2CH4O.2CH4.BBr3/c1-19-13(16)20-12-7-11(15(17)18)10(14)6-9(12)8-4-2-3-5-8;1-17-13(16)18-12-7-11(15)10(14)6-9(12)8-4-2-3-5-8;1-16-13(15)17-12-7-6-10(14)8-11(12)9-4-2-3-5-9;2*1-14-12-7-6-10(13)8-11(12)9-4-2-3-5-9;12-9-5-6-11(13)10(7-9)8-3-1-2-4-8;1-10-7-3-2-5(9)4-6(7)8;7-6(8)5-3-1-2-4-5;1-5-2(3)4;2*1-2;;;2-1(3)4/h6-8H,2-5H2,1H3;6-8H,2-5,15H2,1H3;6-9H,2-5H2,1H3;2*4,6-8H,2-3,5H2,1H3;5-8,13H,1-4H2;2-4H,1H3;3,7-8H,1-2,4H2;1H3;2*2H,1H3;2*1H4;. The maximum atomic E-state index is 13.7. The summed E-state index contributed by atoms with van der Waals surface area (Å²) >= 11 is 17.1. The van der Waals surface area contributed by atoms with Gasteiger partial charge in [0.25, 0.3) is 0 Å². The molecule has 7 aromatic carbocycles. The molecule has 14 rings (SSSR count). The summed E-state index contributed by atoms with van der Waals surface area (Å²) in [6.07, 6.45) is 29.9. The van der Waals surface area contributed by atoms with Crippen LogP contribution in [0.25, 0.3) is 11.1 Å². The van der Waals surface area contributed by atoms with E-state index < -0.39 is 53.3 Å². The molecule has 0 aromatic heterocycles. The second-order valence-electron chi connectivity index (χ2n) is 28.4. The second kappa shape index (κ2) is 65.7. The molecule has 37 heteroatoms. The van der Waals surface area contributed by atoms with E-state index in [1.165, 1.54) is 125 Å². The van der Waals surface area contributed by atoms with Gasteiger partial charge in [0.2, 0.25) is 5.82 Å². The van der Waals surface area contributed by atoms with Crippen molar-refractivity contribution >= 4 is 132 Å². The molecule has 0 saturated heterocycles. The maximum Gasteiger partial charge on any atom is 0.513 e. The summed E-state index contributed by atoms with van der Waals surface area (Å²) in [7, 11) is 10.4. The van der Waals surface area contributed by atoms with Crippen LogP contribution in [0.15, 0.2) is 143 Å². The van der Waals surface area contributed by atoms with Gasteiger partial charge in [-0.05, 0) is 274 Å². The van der Waals surface area contributed by atoms with Gasteiger partial charge in [-0.1, -0.05) is 84.4 Å². The number of ether oxygens (including phenoxy) is 10. The van der Waals surface area contributed by atoms with Gasteiger partial charge in [0.15, 0.2) is 0 Å². The summed E-state index contributed by atoms with van der Waals surface area (Å²) in [5.74, 6) is 1.41. The van der Waals surface area contributed by atoms with Crippen molar-refractivity contribution < 1.29 is 128 Å². The summed E-state index contributed by atoms with van der Waals surface area (Å²) in [5.41, 5.74) is 11.7. The number of phenolic OH excluding ortho intramolecular Hbond substituents is 1. The number of carbonyl (C=O) groups is 4. The van der Waals surface area contributed by atoms with Gasteiger partial charge in [-0.15, -0.1) is 47.3 Å². The van der Waals surface area contributed by atoms with E-state index in [0.29, 0.717) is 38.8 Å². The Kier molecular flexibility index (Phi) is 60.1. The van der Waals surface area contributed by atoms with Crippen LogP contribution in [0.2, 0.25) is 0 Å². The predicted octanol–water partition coefficient (Wildman–Crippen LogP) is 26.7. The maximum absolute atomic E-state index is 13.7. The zero-order chi connectivity index (χ0) is 94.7. The molecule has 0 aliphatic heterocycles. The Morgan fingerprint density at radius 3 is 1.09 bits per heavy atom. The zero-order valence-electron chi connectivity index (χ0n) is 72.2. The quantitative estimate of drug-likeness (QED) is 0.00678. The van der Waals surface area contributed by atoms with E-state index >= 15 is 0 Å². The minimum absolute atomic E-state index is 0. The number of phenols is 1. The monoisotopic (exact) mass is 2090 g/mol. The lowest BCUT2D eigenvalue weighted by Crippen LogP contribution is -2.13. The van der Waals surface area contributed by atoms with Crippen molar-refractivity contribution in [1.82, 2.24) is 0 Å². The van der Waals surface area contributed by atoms with E-state index in [4.69, 9.17) is 54.4 Å². The van der Waals surface area contributed by atoms with Crippen LogP contribution in [0.5, 0.6) is 40.2 Å². The van der Waals surface area contributed by atoms with Gasteiger partial charge in [0.1, 0.15) is 75.1 Å². The molecule has 0 amide bonds. The first-order valence-corrected chi connectivity index (χ1v) is 44.5. The number of rotatable bonds is 14. The van der Waals surface area contributed by atoms with E-state index in [1.54, 1.807) is 44.6 Å². The van der Waals surface area contributed by atoms with Crippen molar-refractivity contribution in [3.63, 3.8) is 0 Å². The van der Waals surface area contributed by atoms with Gasteiger partial charge in [-0.3, -0.25) is 10.1 Å². The van der Waals surface area contributed by atoms with Crippen LogP contribution in [-0.4, -0.2) is 128 Å². The Morgan fingerprint density at radius 1 is 0.434 bits per heavy atom. The van der Waals surface area contributed by atoms with Crippen LogP contribution >= 0.6 is 74.8 Å². The van der Waals surface area contributed by atoms with E-state index in [1.807, 2.05) is 6.08 Å². The molecule has 7 N–H and O–H groups in total. The van der Waals surface area contributed by atoms with Crippen LogP contribution in [-0.2, 0) is 18.9 Å². The molecule has 4 saturated carbocycles. The Hall–Kier alpha value is -8.87. The smallest absolute Gasteiger partial charge is 0.508 e. The van der Waals surface area contributed by atoms with Gasteiger partial charge in [0, 0.05) is 59.7 Å². The molecule has 0 bridgehead atoms. The first-order chi connectivity index (χ1) is 60.8. The number of aliphatic hydroxyl groups excluding tert-OH is 2. The number of halogens is 12. The Balaban J connectivity index is 0.000000728. The fourth-order valence-electron chi connectivity index (χ4n) is 14.5. The molecule has 712 valence electrons. The third-order valence-corrected chi connectivity index (χ3v) is 21.2. The molecule has 7 aliphatic carbocycles. The molecule has 0 atom stereocenters. The number of nitro groups is 1. The molecule has 0 unspecified atom stereocenters. The van der Waals surface area contributed by atoms with E-state index in [9.17, 15) is 65.1 Å². The molecule has 0 spiro atoms. The molecule has 129 heavy (non-hydrogen) atoms. The topological polar surface area (TPSA) is 331 Å². The van der Waals surface area contributed by atoms with Crippen molar-refractivity contribution in [3.8, 4) is 40.2 Å². The summed E-state index contributed by atoms with van der Waals surface area (Å²) < 4.78 is 140. The van der Waals surface area contributed by atoms with Gasteiger partial charge in [0.05, 0.1) is 70.9 Å². The molecule has 0 radical (unpaired) electrons. The molecule has 7 aliphatic rings. The number of methoxy groups -OCH3 is 7. The lowest BCUT2D eigenvalue weighted by atomic mass is 9.79. The van der Waals surface area contributed by atoms with E-state index in [-0.39, 0.29) is 82.1 Å². The number of nitrogens with two attached hydrogens (primary N) is 1. The summed E-state index contributed by atoms with van der Waals surface area (Å²) in [6, 6.07) is 26.8. The van der Waals surface area contributed by atoms with Crippen LogP contribution in [0.3, 0.4) is 0 Å². The van der Waals surface area contributed by atoms with Gasteiger partial charge >= 0.3 is 39.9 Å². The molecule has 7 aromatic rings. The largest absolute Gasteiger partial charge is 0.513 e. The number of nitrogen functional groups attached to an aromatic ring is 1. The molecule has 4 fully saturated rings. The zero-order valence-corrected chi connectivity index (χ0v) is 79.3. The number of anilines is 1. The number of hydrogen-bond acceptors (Lipinski definition) is 22. The van der Waals surface area contributed by atoms with Crippen molar-refractivity contribution in [2.75, 3.05) is 69.7 Å². The third-order valence-electron chi connectivity index (χ3n) is 20.4. The molecule has 23 nitrogen and oxygen atoms in total. The number of hydrogen-bond donors (Lipinski definition) is 6. The minimum atomic E-state index is -1.20. The molecular formula is C92H118B2Br4ClF7N2O21.